The van der Waals surface area contributed by atoms with Crippen LogP contribution >= 0.6 is 0 Å². The Balaban J connectivity index is 2.08. The molecule has 0 aliphatic carbocycles. The van der Waals surface area contributed by atoms with Crippen LogP contribution in [0, 0.1) is 0 Å². The van der Waals surface area contributed by atoms with Gasteiger partial charge in [0.05, 0.1) is 6.20 Å². The van der Waals surface area contributed by atoms with Crippen LogP contribution in [0.25, 0.3) is 0 Å². The molecule has 0 aromatic carbocycles. The first-order valence-electron chi connectivity index (χ1n) is 5.06. The number of amides is 1. The largest absolute Gasteiger partial charge is 0.334 e. The van der Waals surface area contributed by atoms with Gasteiger partial charge in [0.25, 0.3) is 5.91 Å². The standard InChI is InChI=1S/C10H14N4O/c1-8-7-14(5-4-12-8)10(15)9-6-11-2-3-13-9/h2-3,6,8,12H,4-5,7H2,1H3/t8-/m0/s1. The van der Waals surface area contributed by atoms with Gasteiger partial charge in [-0.15, -0.1) is 0 Å². The number of rotatable bonds is 1. The molecule has 1 fully saturated rings. The highest BCUT2D eigenvalue weighted by Gasteiger charge is 2.22. The Morgan fingerprint density at radius 3 is 3.13 bits per heavy atom. The second-order valence-electron chi connectivity index (χ2n) is 3.70. The SMILES string of the molecule is C[C@H]1CN(C(=O)c2cnccn2)CCN1. The number of carbonyl (C=O) groups excluding carboxylic acids is 1. The van der Waals surface area contributed by atoms with Gasteiger partial charge in [0.2, 0.25) is 0 Å². The maximum absolute atomic E-state index is 11.9. The van der Waals surface area contributed by atoms with Gasteiger partial charge in [0, 0.05) is 38.1 Å². The molecule has 0 radical (unpaired) electrons. The summed E-state index contributed by atoms with van der Waals surface area (Å²) in [5, 5.41) is 3.29. The molecule has 5 heteroatoms. The summed E-state index contributed by atoms with van der Waals surface area (Å²) < 4.78 is 0. The number of hydrogen-bond acceptors (Lipinski definition) is 4. The number of carbonyl (C=O) groups is 1. The molecule has 1 atom stereocenters. The van der Waals surface area contributed by atoms with Gasteiger partial charge in [-0.25, -0.2) is 4.98 Å². The second kappa shape index (κ2) is 4.35. The van der Waals surface area contributed by atoms with Gasteiger partial charge in [0.15, 0.2) is 0 Å². The van der Waals surface area contributed by atoms with Crippen molar-refractivity contribution in [2.24, 2.45) is 0 Å². The summed E-state index contributed by atoms with van der Waals surface area (Å²) in [5.41, 5.74) is 0.423. The maximum atomic E-state index is 11.9. The first kappa shape index (κ1) is 10.0. The molecule has 15 heavy (non-hydrogen) atoms. The minimum absolute atomic E-state index is 0.0311. The van der Waals surface area contributed by atoms with Crippen LogP contribution < -0.4 is 5.32 Å². The normalized spacial score (nSPS) is 21.4. The van der Waals surface area contributed by atoms with Crippen molar-refractivity contribution in [3.8, 4) is 0 Å². The monoisotopic (exact) mass is 206 g/mol. The van der Waals surface area contributed by atoms with E-state index in [9.17, 15) is 4.79 Å². The Hall–Kier alpha value is -1.49. The van der Waals surface area contributed by atoms with Gasteiger partial charge in [-0.2, -0.15) is 0 Å². The molecule has 0 bridgehead atoms. The zero-order valence-corrected chi connectivity index (χ0v) is 8.68. The number of piperazine rings is 1. The van der Waals surface area contributed by atoms with Crippen LogP contribution in [0.4, 0.5) is 0 Å². The zero-order chi connectivity index (χ0) is 10.7. The van der Waals surface area contributed by atoms with Crippen molar-refractivity contribution in [2.75, 3.05) is 19.6 Å². The Kier molecular flexibility index (Phi) is 2.91. The van der Waals surface area contributed by atoms with E-state index in [4.69, 9.17) is 0 Å². The number of aromatic nitrogens is 2. The van der Waals surface area contributed by atoms with Crippen molar-refractivity contribution >= 4 is 5.91 Å². The minimum Gasteiger partial charge on any atom is -0.334 e. The third-order valence-corrected chi connectivity index (χ3v) is 2.44. The highest BCUT2D eigenvalue weighted by molar-refractivity contribution is 5.92. The fraction of sp³-hybridized carbons (Fsp3) is 0.500. The summed E-state index contributed by atoms with van der Waals surface area (Å²) in [7, 11) is 0. The fourth-order valence-corrected chi connectivity index (χ4v) is 1.69. The number of hydrogen-bond donors (Lipinski definition) is 1. The maximum Gasteiger partial charge on any atom is 0.274 e. The molecule has 0 saturated carbocycles. The van der Waals surface area contributed by atoms with Gasteiger partial charge in [-0.1, -0.05) is 0 Å². The first-order valence-corrected chi connectivity index (χ1v) is 5.06. The summed E-state index contributed by atoms with van der Waals surface area (Å²) in [5.74, 6) is -0.0311. The summed E-state index contributed by atoms with van der Waals surface area (Å²) in [6, 6.07) is 0.347. The van der Waals surface area contributed by atoms with E-state index >= 15 is 0 Å². The van der Waals surface area contributed by atoms with Crippen molar-refractivity contribution in [2.45, 2.75) is 13.0 Å². The van der Waals surface area contributed by atoms with Gasteiger partial charge >= 0.3 is 0 Å². The predicted molar refractivity (Wildman–Crippen MR) is 55.4 cm³/mol. The molecular formula is C10H14N4O. The van der Waals surface area contributed by atoms with E-state index < -0.39 is 0 Å². The lowest BCUT2D eigenvalue weighted by molar-refractivity contribution is 0.0702. The summed E-state index contributed by atoms with van der Waals surface area (Å²) >= 11 is 0. The van der Waals surface area contributed by atoms with E-state index in [0.29, 0.717) is 11.7 Å². The van der Waals surface area contributed by atoms with Gasteiger partial charge in [-0.3, -0.25) is 9.78 Å². The Morgan fingerprint density at radius 1 is 1.60 bits per heavy atom. The summed E-state index contributed by atoms with van der Waals surface area (Å²) in [4.78, 5) is 21.7. The average Bonchev–Trinajstić information content (AvgIpc) is 2.29. The van der Waals surface area contributed by atoms with Crippen LogP contribution in [-0.2, 0) is 0 Å². The van der Waals surface area contributed by atoms with Crippen LogP contribution in [0.2, 0.25) is 0 Å². The molecule has 0 spiro atoms. The van der Waals surface area contributed by atoms with Crippen molar-refractivity contribution in [3.63, 3.8) is 0 Å². The minimum atomic E-state index is -0.0311. The van der Waals surface area contributed by atoms with Gasteiger partial charge in [0.1, 0.15) is 5.69 Å². The number of nitrogens with one attached hydrogen (secondary N) is 1. The van der Waals surface area contributed by atoms with Crippen LogP contribution in [0.3, 0.4) is 0 Å². The van der Waals surface area contributed by atoms with Crippen LogP contribution in [-0.4, -0.2) is 46.5 Å². The quantitative estimate of drug-likeness (QED) is 0.697. The molecule has 1 N–H and O–H groups in total. The lowest BCUT2D eigenvalue weighted by Crippen LogP contribution is -2.51. The molecule has 2 rings (SSSR count). The van der Waals surface area contributed by atoms with E-state index in [1.807, 2.05) is 4.90 Å². The Labute approximate surface area is 88.5 Å². The highest BCUT2D eigenvalue weighted by Crippen LogP contribution is 2.04. The Bertz CT molecular complexity index is 341. The number of nitrogens with zero attached hydrogens (tertiary/aromatic N) is 3. The smallest absolute Gasteiger partial charge is 0.274 e. The van der Waals surface area contributed by atoms with E-state index in [1.165, 1.54) is 6.20 Å². The fourth-order valence-electron chi connectivity index (χ4n) is 1.69. The Morgan fingerprint density at radius 2 is 2.47 bits per heavy atom. The molecule has 1 saturated heterocycles. The summed E-state index contributed by atoms with van der Waals surface area (Å²) in [6.07, 6.45) is 4.62. The first-order chi connectivity index (χ1) is 7.27. The third-order valence-electron chi connectivity index (χ3n) is 2.44. The van der Waals surface area contributed by atoms with Gasteiger partial charge < -0.3 is 10.2 Å². The van der Waals surface area contributed by atoms with E-state index in [0.717, 1.165) is 19.6 Å². The summed E-state index contributed by atoms with van der Waals surface area (Å²) in [6.45, 7) is 4.37. The van der Waals surface area contributed by atoms with E-state index in [-0.39, 0.29) is 5.91 Å². The molecule has 1 amide bonds. The molecule has 1 aliphatic heterocycles. The van der Waals surface area contributed by atoms with Crippen LogP contribution in [0.5, 0.6) is 0 Å². The van der Waals surface area contributed by atoms with E-state index in [1.54, 1.807) is 12.4 Å². The molecule has 5 nitrogen and oxygen atoms in total. The highest BCUT2D eigenvalue weighted by atomic mass is 16.2. The van der Waals surface area contributed by atoms with E-state index in [2.05, 4.69) is 22.2 Å². The van der Waals surface area contributed by atoms with Crippen LogP contribution in [0.15, 0.2) is 18.6 Å². The van der Waals surface area contributed by atoms with Crippen molar-refractivity contribution < 1.29 is 4.79 Å². The third kappa shape index (κ3) is 2.30. The molecule has 2 heterocycles. The molecule has 1 aromatic rings. The second-order valence-corrected chi connectivity index (χ2v) is 3.70. The van der Waals surface area contributed by atoms with Crippen molar-refractivity contribution in [3.05, 3.63) is 24.3 Å². The zero-order valence-electron chi connectivity index (χ0n) is 8.68. The molecule has 1 aliphatic rings. The van der Waals surface area contributed by atoms with Crippen molar-refractivity contribution in [1.82, 2.24) is 20.2 Å². The topological polar surface area (TPSA) is 58.1 Å². The molecule has 1 aromatic heterocycles. The lowest BCUT2D eigenvalue weighted by atomic mass is 10.2. The molecule has 80 valence electrons. The van der Waals surface area contributed by atoms with Gasteiger partial charge in [-0.05, 0) is 6.92 Å². The molecule has 0 unspecified atom stereocenters. The lowest BCUT2D eigenvalue weighted by Gasteiger charge is -2.31. The predicted octanol–water partition coefficient (Wildman–Crippen LogP) is -0.0895. The van der Waals surface area contributed by atoms with Crippen molar-refractivity contribution in [1.29, 1.82) is 0 Å². The molecular weight excluding hydrogens is 192 g/mol. The van der Waals surface area contributed by atoms with Crippen LogP contribution in [0.1, 0.15) is 17.4 Å². The average molecular weight is 206 g/mol.